The summed E-state index contributed by atoms with van der Waals surface area (Å²) in [4.78, 5) is 19.6. The summed E-state index contributed by atoms with van der Waals surface area (Å²) in [6.07, 6.45) is -0.587. The van der Waals surface area contributed by atoms with Gasteiger partial charge in [0.05, 0.1) is 0 Å². The first-order chi connectivity index (χ1) is 5.08. The fraction of sp³-hybridized carbons (Fsp3) is 0.500. The molecule has 0 radical (unpaired) electrons. The number of hydrogen-bond donors (Lipinski definition) is 3. The molecule has 0 aliphatic rings. The summed E-state index contributed by atoms with van der Waals surface area (Å²) < 4.78 is 15.8. The van der Waals surface area contributed by atoms with Gasteiger partial charge in [0.1, 0.15) is 13.0 Å². The van der Waals surface area contributed by atoms with Crippen LogP contribution in [0.15, 0.2) is 0 Å². The van der Waals surface area contributed by atoms with E-state index in [1.165, 1.54) is 0 Å². The molecule has 0 aromatic carbocycles. The number of aliphatic hydroxyl groups excluding tert-OH is 1. The number of hydrogen-bond acceptors (Lipinski definition) is 4. The van der Waals surface area contributed by atoms with Gasteiger partial charge in [0.15, 0.2) is 5.78 Å². The number of rotatable bonds is 3. The Morgan fingerprint density at radius 2 is 1.73 bits per heavy atom. The van der Waals surface area contributed by atoms with Crippen LogP contribution >= 0.6 is 0 Å². The maximum absolute atomic E-state index is 9.99. The molecule has 7 heteroatoms. The summed E-state index contributed by atoms with van der Waals surface area (Å²) >= 11 is -1.75. The summed E-state index contributed by atoms with van der Waals surface area (Å²) in [5, 5.41) is 15.9. The Morgan fingerprint density at radius 1 is 1.36 bits per heavy atom. The van der Waals surface area contributed by atoms with Gasteiger partial charge in [-0.1, -0.05) is 0 Å². The first-order valence-corrected chi connectivity index (χ1v) is 3.77. The van der Waals surface area contributed by atoms with Crippen LogP contribution < -0.4 is 0 Å². The number of carbonyl (C=O) groups excluding carboxylic acids is 1. The Kier molecular flexibility index (Phi) is 11.5. The summed E-state index contributed by atoms with van der Waals surface area (Å²) in [5.74, 6) is -1.87. The third-order valence-electron chi connectivity index (χ3n) is 0.525. The number of Topliss-reactive ketones (excluding diaryl/α,β-unsaturated/α-hetero) is 1. The molecule has 0 bridgehead atoms. The standard InChI is InChI=1S/C4H6O4.H2O.O.Ti/c5-2-3(6)1-4(7)8;;;/h5H,1-2H2,(H,7,8);1H2;;/q;;;+1/p-1. The molecule has 0 saturated carbocycles. The third kappa shape index (κ3) is 17.7. The van der Waals surface area contributed by atoms with E-state index >= 15 is 0 Å². The van der Waals surface area contributed by atoms with E-state index in [9.17, 15) is 9.59 Å². The van der Waals surface area contributed by atoms with E-state index in [-0.39, 0.29) is 0 Å². The minimum absolute atomic E-state index is 0.587. The number of carbonyl (C=O) groups is 2. The average Bonchev–Trinajstić information content (AvgIpc) is 1.88. The summed E-state index contributed by atoms with van der Waals surface area (Å²) in [5.41, 5.74) is 0. The molecular weight excluding hydrogens is 192 g/mol. The van der Waals surface area contributed by atoms with Gasteiger partial charge in [-0.15, -0.1) is 0 Å². The first kappa shape index (κ1) is 13.2. The molecule has 0 spiro atoms. The van der Waals surface area contributed by atoms with Crippen molar-refractivity contribution in [2.24, 2.45) is 0 Å². The Labute approximate surface area is 71.6 Å². The van der Waals surface area contributed by atoms with Crippen molar-refractivity contribution in [2.45, 2.75) is 6.42 Å². The molecule has 0 aromatic heterocycles. The minimum atomic E-state index is -1.75. The van der Waals surface area contributed by atoms with Crippen LogP contribution in [0.3, 0.4) is 0 Å². The van der Waals surface area contributed by atoms with E-state index in [4.69, 9.17) is 17.2 Å². The number of ketones is 1. The van der Waals surface area contributed by atoms with Crippen LogP contribution in [0.5, 0.6) is 0 Å². The van der Waals surface area contributed by atoms with Crippen LogP contribution in [-0.4, -0.2) is 32.3 Å². The van der Waals surface area contributed by atoms with E-state index in [1.807, 2.05) is 0 Å². The van der Waals surface area contributed by atoms with Gasteiger partial charge in [-0.25, -0.2) is 0 Å². The van der Waals surface area contributed by atoms with Gasteiger partial charge in [0, 0.05) is 0 Å². The second-order valence-electron chi connectivity index (χ2n) is 1.36. The van der Waals surface area contributed by atoms with Gasteiger partial charge < -0.3 is 10.2 Å². The summed E-state index contributed by atoms with van der Waals surface area (Å²) in [6.45, 7) is -0.688. The molecule has 6 nitrogen and oxygen atoms in total. The van der Waals surface area contributed by atoms with Crippen LogP contribution in [0.4, 0.5) is 0 Å². The van der Waals surface area contributed by atoms with Crippen LogP contribution in [0.2, 0.25) is 0 Å². The fourth-order valence-electron chi connectivity index (χ4n) is 0.225. The zero-order valence-corrected chi connectivity index (χ0v) is 7.04. The van der Waals surface area contributed by atoms with Crippen molar-refractivity contribution in [3.8, 4) is 0 Å². The molecule has 0 heterocycles. The zero-order valence-electron chi connectivity index (χ0n) is 5.48. The summed E-state index contributed by atoms with van der Waals surface area (Å²) in [6, 6.07) is 0. The molecular formula is C4H7O6Ti. The van der Waals surface area contributed by atoms with Crippen molar-refractivity contribution in [1.29, 1.82) is 0 Å². The third-order valence-corrected chi connectivity index (χ3v) is 0.525. The van der Waals surface area contributed by atoms with Gasteiger partial charge in [-0.2, -0.15) is 0 Å². The van der Waals surface area contributed by atoms with Crippen molar-refractivity contribution in [3.63, 3.8) is 0 Å². The Morgan fingerprint density at radius 3 is 1.82 bits per heavy atom. The van der Waals surface area contributed by atoms with Crippen molar-refractivity contribution in [3.05, 3.63) is 0 Å². The quantitative estimate of drug-likeness (QED) is 0.370. The number of aliphatic carboxylic acids is 1. The molecule has 0 unspecified atom stereocenters. The molecule has 0 saturated heterocycles. The molecule has 0 aromatic rings. The van der Waals surface area contributed by atoms with E-state index in [2.05, 4.69) is 0 Å². The monoisotopic (exact) mass is 199 g/mol. The second-order valence-corrected chi connectivity index (χ2v) is 1.64. The van der Waals surface area contributed by atoms with Gasteiger partial charge in [0.25, 0.3) is 0 Å². The van der Waals surface area contributed by atoms with Crippen molar-refractivity contribution in [1.82, 2.24) is 0 Å². The van der Waals surface area contributed by atoms with Crippen molar-refractivity contribution < 1.29 is 46.3 Å². The molecule has 0 atom stereocenters. The maximum atomic E-state index is 9.99. The van der Waals surface area contributed by atoms with Crippen molar-refractivity contribution in [2.75, 3.05) is 6.61 Å². The van der Waals surface area contributed by atoms with Crippen LogP contribution in [-0.2, 0) is 32.4 Å². The summed E-state index contributed by atoms with van der Waals surface area (Å²) in [7, 11) is 0. The average molecular weight is 199 g/mol. The molecule has 0 aliphatic carbocycles. The predicted molar refractivity (Wildman–Crippen MR) is 27.3 cm³/mol. The van der Waals surface area contributed by atoms with E-state index < -0.39 is 44.3 Å². The number of aliphatic hydroxyl groups is 1. The van der Waals surface area contributed by atoms with E-state index in [0.29, 0.717) is 0 Å². The van der Waals surface area contributed by atoms with Crippen LogP contribution in [0, 0.1) is 0 Å². The van der Waals surface area contributed by atoms with Gasteiger partial charge in [0.2, 0.25) is 0 Å². The Balaban J connectivity index is 0. The zero-order chi connectivity index (χ0) is 9.28. The topological polar surface area (TPSA) is 112 Å². The fourth-order valence-corrected chi connectivity index (χ4v) is 0.225. The molecule has 0 aliphatic heterocycles. The van der Waals surface area contributed by atoms with Crippen LogP contribution in [0.1, 0.15) is 6.42 Å². The predicted octanol–water partition coefficient (Wildman–Crippen LogP) is -1.66. The SMILES string of the molecule is O=C(O)CC(=O)CO.[O]=[Ti][OH]. The Bertz CT molecular complexity index is 144. The second kappa shape index (κ2) is 9.57. The molecule has 3 N–H and O–H groups in total. The van der Waals surface area contributed by atoms with Crippen LogP contribution in [0.25, 0.3) is 0 Å². The Hall–Kier alpha value is -0.426. The van der Waals surface area contributed by atoms with Gasteiger partial charge in [-0.05, 0) is 0 Å². The number of carboxylic acid groups (broad SMARTS) is 1. The molecule has 11 heavy (non-hydrogen) atoms. The van der Waals surface area contributed by atoms with E-state index in [0.717, 1.165) is 0 Å². The first-order valence-electron chi connectivity index (χ1n) is 2.44. The van der Waals surface area contributed by atoms with Gasteiger partial charge in [-0.3, -0.25) is 9.59 Å². The van der Waals surface area contributed by atoms with Gasteiger partial charge >= 0.3 is 32.5 Å². The number of carboxylic acids is 1. The van der Waals surface area contributed by atoms with E-state index in [1.54, 1.807) is 0 Å². The molecule has 0 amide bonds. The molecule has 0 rings (SSSR count). The molecule has 63 valence electrons. The van der Waals surface area contributed by atoms with Crippen molar-refractivity contribution >= 4 is 11.8 Å². The molecule has 0 fully saturated rings. The normalized spacial score (nSPS) is 7.09.